The Balaban J connectivity index is 1.51. The van der Waals surface area contributed by atoms with Gasteiger partial charge in [0, 0.05) is 57.7 Å². The van der Waals surface area contributed by atoms with Gasteiger partial charge in [-0.25, -0.2) is 13.8 Å². The van der Waals surface area contributed by atoms with Gasteiger partial charge in [0.2, 0.25) is 0 Å². The first-order valence-corrected chi connectivity index (χ1v) is 13.1. The van der Waals surface area contributed by atoms with Crippen LogP contribution in [0, 0.1) is 12.8 Å². The molecule has 9 heteroatoms. The highest BCUT2D eigenvalue weighted by atomic mass is 19.1. The van der Waals surface area contributed by atoms with Crippen LogP contribution >= 0.6 is 0 Å². The Morgan fingerprint density at radius 3 is 2.68 bits per heavy atom. The smallest absolute Gasteiger partial charge is 0.263 e. The third-order valence-corrected chi connectivity index (χ3v) is 7.32. The minimum Gasteiger partial charge on any atom is -0.308 e. The van der Waals surface area contributed by atoms with E-state index in [1.54, 1.807) is 6.08 Å². The number of hydrogen-bond acceptors (Lipinski definition) is 5. The zero-order chi connectivity index (χ0) is 26.6. The molecule has 0 atom stereocenters. The number of alkyl halides is 2. The summed E-state index contributed by atoms with van der Waals surface area (Å²) in [5.41, 5.74) is 2.92. The largest absolute Gasteiger partial charge is 0.308 e. The number of nitrogens with one attached hydrogen (secondary N) is 1. The van der Waals surface area contributed by atoms with Crippen molar-refractivity contribution in [2.45, 2.75) is 52.4 Å². The van der Waals surface area contributed by atoms with Crippen molar-refractivity contribution in [2.24, 2.45) is 10.9 Å². The lowest BCUT2D eigenvalue weighted by Crippen LogP contribution is -2.51. The lowest BCUT2D eigenvalue weighted by Gasteiger charge is -2.36. The zero-order valence-corrected chi connectivity index (χ0v) is 22.1. The molecule has 7 nitrogen and oxygen atoms in total. The van der Waals surface area contributed by atoms with Gasteiger partial charge in [-0.1, -0.05) is 26.0 Å². The highest BCUT2D eigenvalue weighted by Crippen LogP contribution is 2.30. The van der Waals surface area contributed by atoms with Crippen LogP contribution < -0.4 is 5.32 Å². The predicted molar refractivity (Wildman–Crippen MR) is 144 cm³/mol. The number of nitrogens with zero attached hydrogens (tertiary/aromatic N) is 5. The number of benzene rings is 1. The number of aliphatic imine (C=N–C) groups is 1. The molecule has 200 valence electrons. The van der Waals surface area contributed by atoms with Crippen LogP contribution in [0.2, 0.25) is 0 Å². The number of amides is 1. The maximum Gasteiger partial charge on any atom is 0.263 e. The predicted octanol–water partition coefficient (Wildman–Crippen LogP) is 4.22. The summed E-state index contributed by atoms with van der Waals surface area (Å²) in [5, 5.41) is 7.20. The number of rotatable bonds is 9. The Bertz CT molecular complexity index is 1150. The van der Waals surface area contributed by atoms with E-state index in [9.17, 15) is 9.18 Å². The number of aromatic nitrogens is 2. The van der Waals surface area contributed by atoms with Crippen molar-refractivity contribution in [3.63, 3.8) is 0 Å². The second-order valence-corrected chi connectivity index (χ2v) is 10.6. The maximum atomic E-state index is 15.5. The van der Waals surface area contributed by atoms with E-state index in [1.165, 1.54) is 0 Å². The molecule has 1 N–H and O–H groups in total. The lowest BCUT2D eigenvalue weighted by molar-refractivity contribution is -0.135. The van der Waals surface area contributed by atoms with E-state index in [0.29, 0.717) is 32.1 Å². The zero-order valence-electron chi connectivity index (χ0n) is 22.1. The standard InChI is InChI=1S/C28H38F2N6O/c1-20(2)18-34-10-7-28(30,8-11-34)27(37)33-26(31-4)16-23-15-22(6-5-21(23)3)24-17-32-36-14-13-35(12-9-29)19-25(24)36/h5-6,15-17,20H,4,7-14,18-19H2,1-3H3,(H,33,37)/b26-16+. The Morgan fingerprint density at radius 1 is 1.24 bits per heavy atom. The molecule has 0 unspecified atom stereocenters. The number of carbonyl (C=O) groups excluding carboxylic acids is 1. The molecule has 1 aromatic carbocycles. The highest BCUT2D eigenvalue weighted by molar-refractivity contribution is 5.87. The van der Waals surface area contributed by atoms with Gasteiger partial charge < -0.3 is 10.2 Å². The molecule has 0 spiro atoms. The second-order valence-electron chi connectivity index (χ2n) is 10.6. The molecule has 0 aliphatic carbocycles. The number of carbonyl (C=O) groups is 1. The number of halogens is 2. The molecule has 1 saturated heterocycles. The molecule has 2 aromatic rings. The van der Waals surface area contributed by atoms with Crippen LogP contribution in [0.25, 0.3) is 17.2 Å². The molecule has 0 saturated carbocycles. The first-order chi connectivity index (χ1) is 17.7. The van der Waals surface area contributed by atoms with Crippen molar-refractivity contribution in [3.05, 3.63) is 47.0 Å². The van der Waals surface area contributed by atoms with E-state index in [0.717, 1.165) is 47.6 Å². The second kappa shape index (κ2) is 11.6. The summed E-state index contributed by atoms with van der Waals surface area (Å²) in [7, 11) is 0. The molecule has 1 fully saturated rings. The molecule has 1 amide bonds. The van der Waals surface area contributed by atoms with Crippen LogP contribution in [0.3, 0.4) is 0 Å². The van der Waals surface area contributed by atoms with Gasteiger partial charge in [0.25, 0.3) is 5.91 Å². The van der Waals surface area contributed by atoms with Crippen LogP contribution in [0.4, 0.5) is 8.78 Å². The highest BCUT2D eigenvalue weighted by Gasteiger charge is 2.42. The summed E-state index contributed by atoms with van der Waals surface area (Å²) in [6, 6.07) is 6.03. The molecule has 0 bridgehead atoms. The van der Waals surface area contributed by atoms with Crippen molar-refractivity contribution >= 4 is 18.7 Å². The van der Waals surface area contributed by atoms with Gasteiger partial charge in [-0.2, -0.15) is 5.10 Å². The van der Waals surface area contributed by atoms with Crippen molar-refractivity contribution in [1.82, 2.24) is 24.9 Å². The van der Waals surface area contributed by atoms with E-state index < -0.39 is 11.6 Å². The van der Waals surface area contributed by atoms with Crippen LogP contribution in [-0.4, -0.2) is 77.3 Å². The van der Waals surface area contributed by atoms with Gasteiger partial charge in [-0.05, 0) is 48.4 Å². The fourth-order valence-corrected chi connectivity index (χ4v) is 5.14. The van der Waals surface area contributed by atoms with E-state index in [-0.39, 0.29) is 25.3 Å². The molecule has 1 aromatic heterocycles. The normalized spacial score (nSPS) is 18.6. The van der Waals surface area contributed by atoms with Gasteiger partial charge in [0.15, 0.2) is 5.67 Å². The quantitative estimate of drug-likeness (QED) is 0.511. The van der Waals surface area contributed by atoms with E-state index >= 15 is 4.39 Å². The molecule has 3 heterocycles. The topological polar surface area (TPSA) is 65.8 Å². The summed E-state index contributed by atoms with van der Waals surface area (Å²) in [6.45, 7) is 14.0. The van der Waals surface area contributed by atoms with Gasteiger partial charge in [0.1, 0.15) is 12.5 Å². The summed E-state index contributed by atoms with van der Waals surface area (Å²) >= 11 is 0. The van der Waals surface area contributed by atoms with E-state index in [4.69, 9.17) is 0 Å². The van der Waals surface area contributed by atoms with Crippen molar-refractivity contribution < 1.29 is 13.6 Å². The minimum absolute atomic E-state index is 0.163. The fraction of sp³-hybridized carbons (Fsp3) is 0.536. The average Bonchev–Trinajstić information content (AvgIpc) is 3.29. The minimum atomic E-state index is -1.92. The average molecular weight is 513 g/mol. The molecule has 37 heavy (non-hydrogen) atoms. The first-order valence-electron chi connectivity index (χ1n) is 13.1. The molecular formula is C28H38F2N6O. The number of piperidine rings is 1. The monoisotopic (exact) mass is 512 g/mol. The maximum absolute atomic E-state index is 15.5. The summed E-state index contributed by atoms with van der Waals surface area (Å²) in [6.07, 6.45) is 3.90. The molecule has 4 rings (SSSR count). The lowest BCUT2D eigenvalue weighted by atomic mass is 9.92. The third kappa shape index (κ3) is 6.33. The van der Waals surface area contributed by atoms with Gasteiger partial charge >= 0.3 is 0 Å². The van der Waals surface area contributed by atoms with E-state index in [2.05, 4.69) is 45.8 Å². The Hall–Kier alpha value is -2.91. The van der Waals surface area contributed by atoms with Gasteiger partial charge in [-0.15, -0.1) is 0 Å². The van der Waals surface area contributed by atoms with Crippen molar-refractivity contribution in [2.75, 3.05) is 39.4 Å². The summed E-state index contributed by atoms with van der Waals surface area (Å²) in [5.74, 6) is 0.0580. The van der Waals surface area contributed by atoms with Crippen LogP contribution in [0.1, 0.15) is 43.5 Å². The van der Waals surface area contributed by atoms with Crippen LogP contribution in [-0.2, 0) is 17.9 Å². The SMILES string of the molecule is C=N/C(=C\c1cc(-c2cnn3c2CN(CCF)CC3)ccc1C)NC(=O)C1(F)CCN(CC(C)C)CC1. The summed E-state index contributed by atoms with van der Waals surface area (Å²) in [4.78, 5) is 21.2. The Kier molecular flexibility index (Phi) is 8.54. The Morgan fingerprint density at radius 2 is 2.00 bits per heavy atom. The number of aryl methyl sites for hydroxylation is 1. The van der Waals surface area contributed by atoms with Gasteiger partial charge in [0.05, 0.1) is 18.4 Å². The number of hydrogen-bond donors (Lipinski definition) is 1. The fourth-order valence-electron chi connectivity index (χ4n) is 5.14. The molecule has 2 aliphatic heterocycles. The third-order valence-electron chi connectivity index (χ3n) is 7.32. The van der Waals surface area contributed by atoms with E-state index in [1.807, 2.05) is 36.0 Å². The number of fused-ring (bicyclic) bond motifs is 1. The van der Waals surface area contributed by atoms with Crippen LogP contribution in [0.5, 0.6) is 0 Å². The van der Waals surface area contributed by atoms with Gasteiger partial charge in [-0.3, -0.25) is 14.4 Å². The number of likely N-dealkylation sites (tertiary alicyclic amines) is 1. The molecule has 2 aliphatic rings. The first kappa shape index (κ1) is 27.1. The summed E-state index contributed by atoms with van der Waals surface area (Å²) < 4.78 is 30.4. The van der Waals surface area contributed by atoms with Crippen LogP contribution in [0.15, 0.2) is 35.2 Å². The molecular weight excluding hydrogens is 474 g/mol. The molecule has 0 radical (unpaired) electrons. The Labute approximate surface area is 218 Å². The van der Waals surface area contributed by atoms with Crippen molar-refractivity contribution in [1.29, 1.82) is 0 Å². The van der Waals surface area contributed by atoms with Crippen molar-refractivity contribution in [3.8, 4) is 11.1 Å².